The molecule has 3 heteroatoms. The minimum absolute atomic E-state index is 0.111. The lowest BCUT2D eigenvalue weighted by molar-refractivity contribution is 0.101. The van der Waals surface area contributed by atoms with Crippen LogP contribution in [0.5, 0.6) is 5.75 Å². The number of methoxy groups -OCH3 is 1. The van der Waals surface area contributed by atoms with Crippen LogP contribution in [0, 0.1) is 13.8 Å². The maximum absolute atomic E-state index is 11.6. The van der Waals surface area contributed by atoms with Crippen LogP contribution < -0.4 is 4.74 Å². The molecule has 0 aliphatic heterocycles. The van der Waals surface area contributed by atoms with Crippen LogP contribution in [0.25, 0.3) is 0 Å². The summed E-state index contributed by atoms with van der Waals surface area (Å²) < 4.78 is 7.52. The fourth-order valence-electron chi connectivity index (χ4n) is 2.40. The van der Waals surface area contributed by atoms with Crippen LogP contribution in [-0.4, -0.2) is 17.5 Å². The second kappa shape index (κ2) is 5.31. The van der Waals surface area contributed by atoms with E-state index in [2.05, 4.69) is 4.57 Å². The van der Waals surface area contributed by atoms with E-state index in [0.29, 0.717) is 0 Å². The molecule has 1 heterocycles. The first kappa shape index (κ1) is 13.4. The molecule has 1 aromatic carbocycles. The van der Waals surface area contributed by atoms with Gasteiger partial charge < -0.3 is 9.30 Å². The van der Waals surface area contributed by atoms with E-state index in [4.69, 9.17) is 4.74 Å². The van der Waals surface area contributed by atoms with Crippen LogP contribution in [0.3, 0.4) is 0 Å². The summed E-state index contributed by atoms with van der Waals surface area (Å²) in [6.07, 6.45) is 0. The van der Waals surface area contributed by atoms with Crippen molar-refractivity contribution in [1.82, 2.24) is 4.57 Å². The number of carbonyl (C=O) groups excluding carboxylic acids is 1. The summed E-state index contributed by atoms with van der Waals surface area (Å²) in [6.45, 7) is 6.33. The number of hydrogen-bond donors (Lipinski definition) is 0. The summed E-state index contributed by atoms with van der Waals surface area (Å²) >= 11 is 0. The number of hydrogen-bond acceptors (Lipinski definition) is 2. The molecule has 0 amide bonds. The van der Waals surface area contributed by atoms with Crippen LogP contribution in [0.15, 0.2) is 30.3 Å². The van der Waals surface area contributed by atoms with E-state index in [1.807, 2.05) is 44.2 Å². The first-order valence-electron chi connectivity index (χ1n) is 6.34. The predicted octanol–water partition coefficient (Wildman–Crippen LogP) is 3.36. The third-order valence-corrected chi connectivity index (χ3v) is 3.47. The molecule has 0 aliphatic rings. The van der Waals surface area contributed by atoms with Gasteiger partial charge in [0.2, 0.25) is 0 Å². The number of benzene rings is 1. The number of Topliss-reactive ketones (excluding diaryl/α,β-unsaturated/α-hetero) is 1. The number of para-hydroxylation sites is 1. The van der Waals surface area contributed by atoms with Gasteiger partial charge in [0.05, 0.1) is 13.7 Å². The topological polar surface area (TPSA) is 31.2 Å². The Labute approximate surface area is 113 Å². The summed E-state index contributed by atoms with van der Waals surface area (Å²) in [5, 5.41) is 0. The lowest BCUT2D eigenvalue weighted by Gasteiger charge is -2.12. The lowest BCUT2D eigenvalue weighted by Crippen LogP contribution is -2.06. The van der Waals surface area contributed by atoms with Crippen LogP contribution in [0.1, 0.15) is 34.2 Å². The quantitative estimate of drug-likeness (QED) is 0.786. The van der Waals surface area contributed by atoms with Gasteiger partial charge in [0.1, 0.15) is 5.75 Å². The maximum atomic E-state index is 11.6. The minimum atomic E-state index is 0.111. The molecular formula is C16H19NO2. The van der Waals surface area contributed by atoms with Gasteiger partial charge in [-0.05, 0) is 32.9 Å². The lowest BCUT2D eigenvalue weighted by atomic mass is 10.2. The maximum Gasteiger partial charge on any atom is 0.161 e. The van der Waals surface area contributed by atoms with Crippen molar-refractivity contribution in [1.29, 1.82) is 0 Å². The van der Waals surface area contributed by atoms with Crippen molar-refractivity contribution in [3.63, 3.8) is 0 Å². The number of ether oxygens (including phenoxy) is 1. The van der Waals surface area contributed by atoms with Crippen molar-refractivity contribution < 1.29 is 9.53 Å². The molecule has 19 heavy (non-hydrogen) atoms. The van der Waals surface area contributed by atoms with Crippen molar-refractivity contribution >= 4 is 5.78 Å². The summed E-state index contributed by atoms with van der Waals surface area (Å²) in [6, 6.07) is 9.91. The Morgan fingerprint density at radius 2 is 1.95 bits per heavy atom. The van der Waals surface area contributed by atoms with Gasteiger partial charge in [-0.25, -0.2) is 0 Å². The number of nitrogens with zero attached hydrogens (tertiary/aromatic N) is 1. The highest BCUT2D eigenvalue weighted by molar-refractivity contribution is 5.95. The molecule has 1 aromatic heterocycles. The third kappa shape index (κ3) is 2.55. The number of aromatic nitrogens is 1. The summed E-state index contributed by atoms with van der Waals surface area (Å²) in [5.74, 6) is 0.985. The predicted molar refractivity (Wildman–Crippen MR) is 76.0 cm³/mol. The second-order valence-electron chi connectivity index (χ2n) is 4.74. The average Bonchev–Trinajstić information content (AvgIpc) is 2.67. The van der Waals surface area contributed by atoms with E-state index >= 15 is 0 Å². The summed E-state index contributed by atoms with van der Waals surface area (Å²) in [7, 11) is 1.68. The monoisotopic (exact) mass is 257 g/mol. The number of aryl methyl sites for hydroxylation is 1. The molecular weight excluding hydrogens is 238 g/mol. The molecule has 0 radical (unpaired) electrons. The van der Waals surface area contributed by atoms with E-state index in [0.717, 1.165) is 34.8 Å². The van der Waals surface area contributed by atoms with Crippen molar-refractivity contribution in [2.45, 2.75) is 27.3 Å². The molecule has 0 aliphatic carbocycles. The Morgan fingerprint density at radius 1 is 1.26 bits per heavy atom. The van der Waals surface area contributed by atoms with E-state index in [9.17, 15) is 4.79 Å². The molecule has 0 spiro atoms. The smallest absolute Gasteiger partial charge is 0.161 e. The van der Waals surface area contributed by atoms with Gasteiger partial charge >= 0.3 is 0 Å². The molecule has 3 nitrogen and oxygen atoms in total. The summed E-state index contributed by atoms with van der Waals surface area (Å²) in [4.78, 5) is 11.6. The zero-order valence-corrected chi connectivity index (χ0v) is 11.9. The van der Waals surface area contributed by atoms with Crippen molar-refractivity contribution in [2.75, 3.05) is 7.11 Å². The van der Waals surface area contributed by atoms with Gasteiger partial charge in [0.15, 0.2) is 5.78 Å². The fraction of sp³-hybridized carbons (Fsp3) is 0.312. The molecule has 2 aromatic rings. The zero-order chi connectivity index (χ0) is 14.0. The zero-order valence-electron chi connectivity index (χ0n) is 11.9. The van der Waals surface area contributed by atoms with Crippen molar-refractivity contribution in [3.8, 4) is 5.75 Å². The van der Waals surface area contributed by atoms with Gasteiger partial charge in [0.25, 0.3) is 0 Å². The largest absolute Gasteiger partial charge is 0.496 e. The molecule has 2 rings (SSSR count). The molecule has 0 atom stereocenters. The normalized spacial score (nSPS) is 10.5. The molecule has 0 N–H and O–H groups in total. The van der Waals surface area contributed by atoms with E-state index in [-0.39, 0.29) is 5.78 Å². The molecule has 0 bridgehead atoms. The highest BCUT2D eigenvalue weighted by Gasteiger charge is 2.13. The fourth-order valence-corrected chi connectivity index (χ4v) is 2.40. The Balaban J connectivity index is 2.41. The van der Waals surface area contributed by atoms with Crippen molar-refractivity contribution in [3.05, 3.63) is 52.8 Å². The first-order chi connectivity index (χ1) is 9.04. The summed E-state index contributed by atoms with van der Waals surface area (Å²) in [5.41, 5.74) is 4.01. The Morgan fingerprint density at radius 3 is 2.53 bits per heavy atom. The van der Waals surface area contributed by atoms with Gasteiger partial charge in [-0.2, -0.15) is 0 Å². The van der Waals surface area contributed by atoms with Gasteiger partial charge in [-0.15, -0.1) is 0 Å². The Hall–Kier alpha value is -2.03. The second-order valence-corrected chi connectivity index (χ2v) is 4.74. The SMILES string of the molecule is COc1ccccc1Cn1c(C)cc(C(C)=O)c1C. The molecule has 100 valence electrons. The first-order valence-corrected chi connectivity index (χ1v) is 6.34. The van der Waals surface area contributed by atoms with Gasteiger partial charge in [-0.1, -0.05) is 18.2 Å². The molecule has 0 unspecified atom stereocenters. The van der Waals surface area contributed by atoms with E-state index in [1.165, 1.54) is 0 Å². The highest BCUT2D eigenvalue weighted by Crippen LogP contribution is 2.22. The van der Waals surface area contributed by atoms with E-state index < -0.39 is 0 Å². The Bertz CT molecular complexity index is 611. The van der Waals surface area contributed by atoms with E-state index in [1.54, 1.807) is 14.0 Å². The number of carbonyl (C=O) groups is 1. The van der Waals surface area contributed by atoms with Crippen molar-refractivity contribution in [2.24, 2.45) is 0 Å². The Kier molecular flexibility index (Phi) is 3.74. The van der Waals surface area contributed by atoms with Crippen LogP contribution >= 0.6 is 0 Å². The van der Waals surface area contributed by atoms with Crippen LogP contribution in [0.2, 0.25) is 0 Å². The molecule has 0 fully saturated rings. The molecule has 0 saturated heterocycles. The number of ketones is 1. The van der Waals surface area contributed by atoms with Crippen LogP contribution in [0.4, 0.5) is 0 Å². The third-order valence-electron chi connectivity index (χ3n) is 3.47. The minimum Gasteiger partial charge on any atom is -0.496 e. The van der Waals surface area contributed by atoms with Gasteiger partial charge in [0, 0.05) is 22.5 Å². The van der Waals surface area contributed by atoms with Gasteiger partial charge in [-0.3, -0.25) is 4.79 Å². The average molecular weight is 257 g/mol. The highest BCUT2D eigenvalue weighted by atomic mass is 16.5. The molecule has 0 saturated carbocycles. The van der Waals surface area contributed by atoms with Crippen LogP contribution in [-0.2, 0) is 6.54 Å². The number of rotatable bonds is 4. The standard InChI is InChI=1S/C16H19NO2/c1-11-9-15(13(3)18)12(2)17(11)10-14-7-5-6-8-16(14)19-4/h5-9H,10H2,1-4H3.